The quantitative estimate of drug-likeness (QED) is 0.515. The van der Waals surface area contributed by atoms with E-state index in [1.54, 1.807) is 42.6 Å². The predicted molar refractivity (Wildman–Crippen MR) is 129 cm³/mol. The molecule has 11 heteroatoms. The van der Waals surface area contributed by atoms with Gasteiger partial charge in [0.05, 0.1) is 25.9 Å². The summed E-state index contributed by atoms with van der Waals surface area (Å²) in [5.41, 5.74) is 1.38. The van der Waals surface area contributed by atoms with E-state index in [0.29, 0.717) is 24.5 Å². The lowest BCUT2D eigenvalue weighted by Gasteiger charge is -2.26. The summed E-state index contributed by atoms with van der Waals surface area (Å²) >= 11 is 0. The van der Waals surface area contributed by atoms with E-state index in [4.69, 9.17) is 9.47 Å². The summed E-state index contributed by atoms with van der Waals surface area (Å²) in [6.45, 7) is 1.09. The summed E-state index contributed by atoms with van der Waals surface area (Å²) in [5.74, 6) is -0.652. The highest BCUT2D eigenvalue weighted by atomic mass is 32.2. The number of hydrogen-bond acceptors (Lipinski definition) is 7. The van der Waals surface area contributed by atoms with Crippen molar-refractivity contribution in [1.82, 2.24) is 9.29 Å². The lowest BCUT2D eigenvalue weighted by molar-refractivity contribution is 0.0729. The van der Waals surface area contributed by atoms with E-state index in [9.17, 15) is 18.0 Å². The minimum absolute atomic E-state index is 0.0443. The van der Waals surface area contributed by atoms with Gasteiger partial charge < -0.3 is 20.1 Å². The Morgan fingerprint density at radius 3 is 2.31 bits per heavy atom. The average Bonchev–Trinajstić information content (AvgIpc) is 2.89. The number of pyridine rings is 1. The topological polar surface area (TPSA) is 127 Å². The monoisotopic (exact) mass is 496 g/mol. The Morgan fingerprint density at radius 2 is 1.63 bits per heavy atom. The number of carbonyl (C=O) groups excluding carboxylic acids is 2. The normalized spacial score (nSPS) is 14.2. The number of methoxy groups -OCH3 is 1. The van der Waals surface area contributed by atoms with Crippen LogP contribution in [0.3, 0.4) is 0 Å². The fraction of sp³-hybridized carbons (Fsp3) is 0.208. The molecule has 2 N–H and O–H groups in total. The van der Waals surface area contributed by atoms with Gasteiger partial charge in [0.25, 0.3) is 11.8 Å². The number of nitrogens with one attached hydrogen (secondary N) is 2. The molecule has 0 aliphatic carbocycles. The van der Waals surface area contributed by atoms with E-state index in [1.165, 1.54) is 35.8 Å². The number of benzene rings is 2. The molecule has 0 radical (unpaired) electrons. The molecule has 35 heavy (non-hydrogen) atoms. The molecule has 0 bridgehead atoms. The van der Waals surface area contributed by atoms with Gasteiger partial charge in [-0.2, -0.15) is 4.31 Å². The van der Waals surface area contributed by atoms with Crippen molar-refractivity contribution < 1.29 is 27.5 Å². The largest absolute Gasteiger partial charge is 0.495 e. The minimum atomic E-state index is -3.85. The van der Waals surface area contributed by atoms with Gasteiger partial charge in [-0.05, 0) is 48.5 Å². The van der Waals surface area contributed by atoms with Crippen LogP contribution in [0.1, 0.15) is 20.7 Å². The Kier molecular flexibility index (Phi) is 7.39. The van der Waals surface area contributed by atoms with Crippen LogP contribution in [0, 0.1) is 0 Å². The summed E-state index contributed by atoms with van der Waals surface area (Å²) in [7, 11) is -2.46. The zero-order valence-corrected chi connectivity index (χ0v) is 19.7. The van der Waals surface area contributed by atoms with Crippen LogP contribution in [0.5, 0.6) is 5.75 Å². The van der Waals surface area contributed by atoms with E-state index in [-0.39, 0.29) is 40.9 Å². The Labute approximate surface area is 202 Å². The smallest absolute Gasteiger partial charge is 0.257 e. The van der Waals surface area contributed by atoms with E-state index in [2.05, 4.69) is 15.6 Å². The molecule has 3 aromatic rings. The molecule has 1 aliphatic rings. The number of hydrogen-bond donors (Lipinski definition) is 2. The first kappa shape index (κ1) is 24.3. The first-order valence-corrected chi connectivity index (χ1v) is 12.2. The maximum Gasteiger partial charge on any atom is 0.257 e. The second-order valence-corrected chi connectivity index (χ2v) is 9.52. The van der Waals surface area contributed by atoms with Crippen molar-refractivity contribution in [2.75, 3.05) is 44.0 Å². The number of aromatic nitrogens is 1. The molecule has 0 spiro atoms. The first-order valence-electron chi connectivity index (χ1n) is 10.8. The number of morpholine rings is 1. The summed E-state index contributed by atoms with van der Waals surface area (Å²) in [5, 5.41) is 5.44. The molecule has 1 saturated heterocycles. The number of nitrogens with zero attached hydrogens (tertiary/aromatic N) is 2. The molecule has 2 heterocycles. The van der Waals surface area contributed by atoms with Gasteiger partial charge in [-0.3, -0.25) is 14.6 Å². The number of amides is 2. The molecule has 2 amide bonds. The molecule has 0 atom stereocenters. The summed E-state index contributed by atoms with van der Waals surface area (Å²) in [4.78, 5) is 29.2. The number of carbonyl (C=O) groups is 2. The molecular weight excluding hydrogens is 472 g/mol. The SMILES string of the molecule is COc1ccc(NC(=O)c2cccc(NC(=O)c3cccnc3)c2)cc1S(=O)(=O)N1CCOCC1. The molecule has 10 nitrogen and oxygen atoms in total. The van der Waals surface area contributed by atoms with E-state index < -0.39 is 15.9 Å². The van der Waals surface area contributed by atoms with Crippen molar-refractivity contribution in [2.24, 2.45) is 0 Å². The Bertz CT molecular complexity index is 1320. The van der Waals surface area contributed by atoms with Gasteiger partial charge in [0, 0.05) is 42.4 Å². The standard InChI is InChI=1S/C24H24N4O6S/c1-33-21-8-7-20(15-22(21)35(31,32)28-10-12-34-13-11-28)27-23(29)17-4-2-6-19(14-17)26-24(30)18-5-3-9-25-16-18/h2-9,14-16H,10-13H2,1H3,(H,26,30)(H,27,29). The molecule has 1 fully saturated rings. The minimum Gasteiger partial charge on any atom is -0.495 e. The first-order chi connectivity index (χ1) is 16.9. The molecular formula is C24H24N4O6S. The Morgan fingerprint density at radius 1 is 0.943 bits per heavy atom. The molecule has 0 saturated carbocycles. The van der Waals surface area contributed by atoms with Crippen molar-refractivity contribution >= 4 is 33.2 Å². The number of ether oxygens (including phenoxy) is 2. The summed E-state index contributed by atoms with van der Waals surface area (Å²) in [6.07, 6.45) is 3.01. The predicted octanol–water partition coefficient (Wildman–Crippen LogP) is 2.62. The number of rotatable bonds is 7. The summed E-state index contributed by atoms with van der Waals surface area (Å²) < 4.78 is 38.2. The molecule has 182 valence electrons. The number of anilines is 2. The van der Waals surface area contributed by atoms with Gasteiger partial charge in [-0.25, -0.2) is 8.42 Å². The van der Waals surface area contributed by atoms with Crippen LogP contribution in [0.25, 0.3) is 0 Å². The van der Waals surface area contributed by atoms with Crippen LogP contribution in [0.15, 0.2) is 71.9 Å². The highest BCUT2D eigenvalue weighted by Crippen LogP contribution is 2.30. The third-order valence-electron chi connectivity index (χ3n) is 5.32. The van der Waals surface area contributed by atoms with Gasteiger partial charge in [-0.15, -0.1) is 0 Å². The molecule has 1 aliphatic heterocycles. The van der Waals surface area contributed by atoms with Crippen LogP contribution in [0.4, 0.5) is 11.4 Å². The van der Waals surface area contributed by atoms with Crippen molar-refractivity contribution in [3.05, 3.63) is 78.1 Å². The van der Waals surface area contributed by atoms with Crippen LogP contribution in [0.2, 0.25) is 0 Å². The molecule has 4 rings (SSSR count). The lowest BCUT2D eigenvalue weighted by Crippen LogP contribution is -2.40. The van der Waals surface area contributed by atoms with Gasteiger partial charge in [-0.1, -0.05) is 6.07 Å². The summed E-state index contributed by atoms with van der Waals surface area (Å²) in [6, 6.07) is 14.1. The zero-order valence-electron chi connectivity index (χ0n) is 18.9. The fourth-order valence-corrected chi connectivity index (χ4v) is 5.11. The average molecular weight is 497 g/mol. The third-order valence-corrected chi connectivity index (χ3v) is 7.24. The van der Waals surface area contributed by atoms with E-state index >= 15 is 0 Å². The third kappa shape index (κ3) is 5.65. The van der Waals surface area contributed by atoms with Crippen LogP contribution in [-0.2, 0) is 14.8 Å². The van der Waals surface area contributed by atoms with Gasteiger partial charge >= 0.3 is 0 Å². The van der Waals surface area contributed by atoms with E-state index in [1.807, 2.05) is 0 Å². The number of sulfonamides is 1. The van der Waals surface area contributed by atoms with E-state index in [0.717, 1.165) is 0 Å². The van der Waals surface area contributed by atoms with Crippen molar-refractivity contribution in [1.29, 1.82) is 0 Å². The van der Waals surface area contributed by atoms with Gasteiger partial charge in [0.1, 0.15) is 10.6 Å². The maximum absolute atomic E-state index is 13.2. The van der Waals surface area contributed by atoms with Crippen LogP contribution >= 0.6 is 0 Å². The highest BCUT2D eigenvalue weighted by Gasteiger charge is 2.29. The van der Waals surface area contributed by atoms with Crippen molar-refractivity contribution in [3.8, 4) is 5.75 Å². The van der Waals surface area contributed by atoms with Crippen molar-refractivity contribution in [3.63, 3.8) is 0 Å². The van der Waals surface area contributed by atoms with Crippen LogP contribution in [-0.4, -0.2) is 62.9 Å². The maximum atomic E-state index is 13.2. The fourth-order valence-electron chi connectivity index (χ4n) is 3.52. The molecule has 0 unspecified atom stereocenters. The van der Waals surface area contributed by atoms with Gasteiger partial charge in [0.15, 0.2) is 0 Å². The second-order valence-electron chi connectivity index (χ2n) is 7.61. The zero-order chi connectivity index (χ0) is 24.8. The van der Waals surface area contributed by atoms with Gasteiger partial charge in [0.2, 0.25) is 10.0 Å². The lowest BCUT2D eigenvalue weighted by atomic mass is 10.1. The highest BCUT2D eigenvalue weighted by molar-refractivity contribution is 7.89. The Balaban J connectivity index is 1.52. The molecule has 2 aromatic carbocycles. The molecule has 1 aromatic heterocycles. The van der Waals surface area contributed by atoms with Crippen LogP contribution < -0.4 is 15.4 Å². The second kappa shape index (κ2) is 10.6. The van der Waals surface area contributed by atoms with Crippen molar-refractivity contribution in [2.45, 2.75) is 4.90 Å². The Hall–Kier alpha value is -3.80.